The first-order chi connectivity index (χ1) is 16.6. The summed E-state index contributed by atoms with van der Waals surface area (Å²) in [5, 5.41) is 0. The summed E-state index contributed by atoms with van der Waals surface area (Å²) in [7, 11) is 0. The average Bonchev–Trinajstić information content (AvgIpc) is 3.04. The molecule has 0 N–H and O–H groups in total. The lowest BCUT2D eigenvalue weighted by molar-refractivity contribution is 0.327. The molecule has 0 aliphatic heterocycles. The Morgan fingerprint density at radius 3 is 1.34 bits per heavy atom. The van der Waals surface area contributed by atoms with Crippen LogP contribution in [0.4, 0.5) is 0 Å². The first kappa shape index (κ1) is 29.0. The van der Waals surface area contributed by atoms with Gasteiger partial charge in [0.05, 0.1) is 0 Å². The fraction of sp³-hybridized carbons (Fsp3) is 0.636. The van der Waals surface area contributed by atoms with Gasteiger partial charge in [0.15, 0.2) is 0 Å². The molecule has 2 unspecified atom stereocenters. The highest BCUT2D eigenvalue weighted by Gasteiger charge is 2.43. The predicted octanol–water partition coefficient (Wildman–Crippen LogP) is 12.0. The van der Waals surface area contributed by atoms with E-state index in [-0.39, 0.29) is 5.41 Å². The molecule has 0 nitrogen and oxygen atoms in total. The van der Waals surface area contributed by atoms with E-state index >= 15 is 0 Å². The van der Waals surface area contributed by atoms with Crippen LogP contribution in [0.25, 0.3) is 11.1 Å². The lowest BCUT2D eigenvalue weighted by atomic mass is 9.69. The summed E-state index contributed by atoms with van der Waals surface area (Å²) in [5.41, 5.74) is 6.15. The highest BCUT2D eigenvalue weighted by Crippen LogP contribution is 2.55. The van der Waals surface area contributed by atoms with Crippen LogP contribution in [0.2, 0.25) is 0 Å². The summed E-state index contributed by atoms with van der Waals surface area (Å²) >= 11 is 7.64. The molecule has 2 aromatic carbocycles. The number of rotatable bonds is 14. The number of hydrogen-bond acceptors (Lipinski definition) is 0. The fourth-order valence-corrected chi connectivity index (χ4v) is 6.85. The second-order valence-corrected chi connectivity index (χ2v) is 14.2. The zero-order chi connectivity index (χ0) is 25.6. The van der Waals surface area contributed by atoms with Gasteiger partial charge in [-0.2, -0.15) is 0 Å². The van der Waals surface area contributed by atoms with Gasteiger partial charge in [0, 0.05) is 14.4 Å². The molecule has 0 aromatic heterocycles. The van der Waals surface area contributed by atoms with Gasteiger partial charge >= 0.3 is 0 Å². The molecule has 0 bridgehead atoms. The van der Waals surface area contributed by atoms with Crippen molar-refractivity contribution in [3.8, 4) is 11.1 Å². The molecule has 0 radical (unpaired) electrons. The molecule has 35 heavy (non-hydrogen) atoms. The van der Waals surface area contributed by atoms with Crippen molar-refractivity contribution in [1.29, 1.82) is 0 Å². The molecule has 1 aliphatic rings. The van der Waals surface area contributed by atoms with E-state index in [1.165, 1.54) is 84.3 Å². The van der Waals surface area contributed by atoms with Crippen molar-refractivity contribution in [3.63, 3.8) is 0 Å². The third-order valence-corrected chi connectivity index (χ3v) is 9.36. The van der Waals surface area contributed by atoms with Crippen molar-refractivity contribution in [2.45, 2.75) is 111 Å². The molecule has 1 aliphatic carbocycles. The van der Waals surface area contributed by atoms with E-state index in [1.54, 1.807) is 11.1 Å². The van der Waals surface area contributed by atoms with Gasteiger partial charge < -0.3 is 0 Å². The summed E-state index contributed by atoms with van der Waals surface area (Å²) in [4.78, 5) is 0. The van der Waals surface area contributed by atoms with Crippen molar-refractivity contribution in [2.75, 3.05) is 0 Å². The van der Waals surface area contributed by atoms with Crippen LogP contribution in [0.5, 0.6) is 0 Å². The van der Waals surface area contributed by atoms with E-state index < -0.39 is 0 Å². The van der Waals surface area contributed by atoms with Crippen LogP contribution in [0.15, 0.2) is 45.3 Å². The van der Waals surface area contributed by atoms with Crippen LogP contribution >= 0.6 is 31.9 Å². The van der Waals surface area contributed by atoms with Crippen molar-refractivity contribution in [3.05, 3.63) is 56.5 Å². The van der Waals surface area contributed by atoms with Gasteiger partial charge in [0.2, 0.25) is 0 Å². The lowest BCUT2D eigenvalue weighted by Gasteiger charge is -2.35. The highest BCUT2D eigenvalue weighted by molar-refractivity contribution is 9.10. The van der Waals surface area contributed by atoms with E-state index in [1.807, 2.05) is 0 Å². The Morgan fingerprint density at radius 2 is 0.971 bits per heavy atom. The number of halogens is 2. The minimum absolute atomic E-state index is 0.122. The number of hydrogen-bond donors (Lipinski definition) is 0. The Morgan fingerprint density at radius 1 is 0.571 bits per heavy atom. The quantitative estimate of drug-likeness (QED) is 0.201. The number of benzene rings is 2. The monoisotopic (exact) mass is 602 g/mol. The Hall–Kier alpha value is -0.600. The molecule has 3 rings (SSSR count). The lowest BCUT2D eigenvalue weighted by Crippen LogP contribution is -2.27. The molecule has 0 saturated carbocycles. The molecule has 194 valence electrons. The Bertz CT molecular complexity index is 865. The Kier molecular flexibility index (Phi) is 11.0. The molecule has 0 saturated heterocycles. The summed E-state index contributed by atoms with van der Waals surface area (Å²) in [5.74, 6) is 3.19. The van der Waals surface area contributed by atoms with E-state index in [4.69, 9.17) is 0 Å². The third kappa shape index (κ3) is 7.70. The SMILES string of the molecule is CC(C)CCCC(C)CCC1(CCC(C)CCCC(C)C)c2cc(Br)ccc2-c2ccc(Br)cc21. The third-order valence-electron chi connectivity index (χ3n) is 8.37. The van der Waals surface area contributed by atoms with Gasteiger partial charge in [-0.25, -0.2) is 0 Å². The normalized spacial score (nSPS) is 15.9. The van der Waals surface area contributed by atoms with Crippen LogP contribution < -0.4 is 0 Å². The molecular weight excluding hydrogens is 556 g/mol. The zero-order valence-electron chi connectivity index (χ0n) is 23.1. The van der Waals surface area contributed by atoms with E-state index in [9.17, 15) is 0 Å². The molecule has 0 heterocycles. The predicted molar refractivity (Wildman–Crippen MR) is 162 cm³/mol. The molecule has 0 spiro atoms. The maximum absolute atomic E-state index is 3.82. The maximum Gasteiger partial charge on any atom is 0.0216 e. The summed E-state index contributed by atoms with van der Waals surface area (Å²) < 4.78 is 2.42. The van der Waals surface area contributed by atoms with Gasteiger partial charge in [0.25, 0.3) is 0 Å². The Labute approximate surface area is 233 Å². The van der Waals surface area contributed by atoms with Crippen LogP contribution in [0, 0.1) is 23.7 Å². The summed E-state index contributed by atoms with van der Waals surface area (Å²) in [6, 6.07) is 14.0. The molecule has 2 heteroatoms. The fourth-order valence-electron chi connectivity index (χ4n) is 6.13. The summed E-state index contributed by atoms with van der Waals surface area (Å²) in [6.45, 7) is 14.4. The van der Waals surface area contributed by atoms with Gasteiger partial charge in [-0.05, 0) is 95.9 Å². The van der Waals surface area contributed by atoms with Gasteiger partial charge in [0.1, 0.15) is 0 Å². The summed E-state index contributed by atoms with van der Waals surface area (Å²) in [6.07, 6.45) is 13.3. The first-order valence-electron chi connectivity index (χ1n) is 14.2. The minimum Gasteiger partial charge on any atom is -0.0628 e. The number of fused-ring (bicyclic) bond motifs is 3. The van der Waals surface area contributed by atoms with Crippen LogP contribution in [-0.4, -0.2) is 0 Å². The largest absolute Gasteiger partial charge is 0.0628 e. The van der Waals surface area contributed by atoms with Crippen molar-refractivity contribution >= 4 is 31.9 Å². The van der Waals surface area contributed by atoms with Crippen molar-refractivity contribution in [1.82, 2.24) is 0 Å². The van der Waals surface area contributed by atoms with Crippen LogP contribution in [-0.2, 0) is 5.41 Å². The second-order valence-electron chi connectivity index (χ2n) is 12.4. The van der Waals surface area contributed by atoms with Crippen molar-refractivity contribution < 1.29 is 0 Å². The standard InChI is InChI=1S/C33H48Br2/c1-23(2)9-7-11-25(5)17-19-33(20-18-26(6)12-8-10-24(3)4)31-21-27(34)13-15-29(31)30-16-14-28(35)22-32(30)33/h13-16,21-26H,7-12,17-20H2,1-6H3. The molecular formula is C33H48Br2. The zero-order valence-corrected chi connectivity index (χ0v) is 26.3. The van der Waals surface area contributed by atoms with Gasteiger partial charge in [-0.15, -0.1) is 0 Å². The van der Waals surface area contributed by atoms with Gasteiger partial charge in [-0.3, -0.25) is 0 Å². The van der Waals surface area contributed by atoms with Crippen LogP contribution in [0.3, 0.4) is 0 Å². The van der Waals surface area contributed by atoms with E-state index in [0.717, 1.165) is 23.7 Å². The van der Waals surface area contributed by atoms with Crippen molar-refractivity contribution in [2.24, 2.45) is 23.7 Å². The molecule has 2 atom stereocenters. The molecule has 0 amide bonds. The van der Waals surface area contributed by atoms with Gasteiger partial charge in [-0.1, -0.05) is 124 Å². The topological polar surface area (TPSA) is 0 Å². The smallest absolute Gasteiger partial charge is 0.0216 e. The van der Waals surface area contributed by atoms with Crippen LogP contribution in [0.1, 0.15) is 117 Å². The highest BCUT2D eigenvalue weighted by atomic mass is 79.9. The minimum atomic E-state index is 0.122. The molecule has 2 aromatic rings. The maximum atomic E-state index is 3.82. The second kappa shape index (κ2) is 13.3. The average molecular weight is 605 g/mol. The molecule has 0 fully saturated rings. The van der Waals surface area contributed by atoms with E-state index in [2.05, 4.69) is 110 Å². The first-order valence-corrected chi connectivity index (χ1v) is 15.8. The Balaban J connectivity index is 1.88. The van der Waals surface area contributed by atoms with E-state index in [0.29, 0.717) is 0 Å².